The van der Waals surface area contributed by atoms with E-state index < -0.39 is 5.92 Å². The lowest BCUT2D eigenvalue weighted by Gasteiger charge is -2.25. The SMILES string of the molecule is COC(=O)C(C)CN(CCc1ccc(F)cc1)C(=O)c1ccc(OC)cc1. The second-order valence-electron chi connectivity index (χ2n) is 6.28. The molecule has 6 heteroatoms. The Kier molecular flexibility index (Phi) is 7.34. The molecule has 1 amide bonds. The Bertz CT molecular complexity index is 759. The number of carbonyl (C=O) groups is 2. The molecule has 144 valence electrons. The molecule has 0 bridgehead atoms. The van der Waals surface area contributed by atoms with Gasteiger partial charge >= 0.3 is 5.97 Å². The zero-order valence-electron chi connectivity index (χ0n) is 15.8. The highest BCUT2D eigenvalue weighted by Gasteiger charge is 2.22. The van der Waals surface area contributed by atoms with Crippen LogP contribution in [-0.2, 0) is 16.0 Å². The van der Waals surface area contributed by atoms with Gasteiger partial charge in [-0.2, -0.15) is 0 Å². The fraction of sp³-hybridized carbons (Fsp3) is 0.333. The van der Waals surface area contributed by atoms with Crippen molar-refractivity contribution in [3.63, 3.8) is 0 Å². The molecule has 27 heavy (non-hydrogen) atoms. The summed E-state index contributed by atoms with van der Waals surface area (Å²) in [5, 5.41) is 0. The third-order valence-electron chi connectivity index (χ3n) is 4.31. The standard InChI is InChI=1S/C21H24FNO4/c1-15(21(25)27-3)14-23(13-12-16-4-8-18(22)9-5-16)20(24)17-6-10-19(26-2)11-7-17/h4-11,15H,12-14H2,1-3H3. The molecule has 0 N–H and O–H groups in total. The van der Waals surface area contributed by atoms with Crippen molar-refractivity contribution >= 4 is 11.9 Å². The number of rotatable bonds is 8. The van der Waals surface area contributed by atoms with Gasteiger partial charge in [0.25, 0.3) is 5.91 Å². The lowest BCUT2D eigenvalue weighted by Crippen LogP contribution is -2.38. The number of esters is 1. The lowest BCUT2D eigenvalue weighted by molar-refractivity contribution is -0.145. The summed E-state index contributed by atoms with van der Waals surface area (Å²) in [7, 11) is 2.89. The molecule has 0 saturated heterocycles. The quantitative estimate of drug-likeness (QED) is 0.666. The molecule has 0 aliphatic rings. The summed E-state index contributed by atoms with van der Waals surface area (Å²) in [6, 6.07) is 13.0. The van der Waals surface area contributed by atoms with E-state index in [0.29, 0.717) is 24.3 Å². The molecule has 1 atom stereocenters. The molecule has 0 spiro atoms. The van der Waals surface area contributed by atoms with E-state index in [9.17, 15) is 14.0 Å². The predicted octanol–water partition coefficient (Wildman–Crippen LogP) is 3.33. The summed E-state index contributed by atoms with van der Waals surface area (Å²) in [6.45, 7) is 2.36. The van der Waals surface area contributed by atoms with Crippen molar-refractivity contribution in [3.8, 4) is 5.75 Å². The Hall–Kier alpha value is -2.89. The highest BCUT2D eigenvalue weighted by molar-refractivity contribution is 5.94. The van der Waals surface area contributed by atoms with Crippen LogP contribution in [0, 0.1) is 11.7 Å². The number of nitrogens with zero attached hydrogens (tertiary/aromatic N) is 1. The van der Waals surface area contributed by atoms with Crippen LogP contribution in [0.1, 0.15) is 22.8 Å². The van der Waals surface area contributed by atoms with E-state index in [4.69, 9.17) is 9.47 Å². The average molecular weight is 373 g/mol. The van der Waals surface area contributed by atoms with Crippen molar-refractivity contribution in [1.82, 2.24) is 4.90 Å². The van der Waals surface area contributed by atoms with Gasteiger partial charge in [0.1, 0.15) is 11.6 Å². The average Bonchev–Trinajstić information content (AvgIpc) is 2.71. The van der Waals surface area contributed by atoms with Crippen LogP contribution in [0.2, 0.25) is 0 Å². The fourth-order valence-corrected chi connectivity index (χ4v) is 2.71. The Morgan fingerprint density at radius 3 is 2.22 bits per heavy atom. The zero-order chi connectivity index (χ0) is 19.8. The van der Waals surface area contributed by atoms with Crippen molar-refractivity contribution in [1.29, 1.82) is 0 Å². The van der Waals surface area contributed by atoms with Gasteiger partial charge in [-0.25, -0.2) is 4.39 Å². The van der Waals surface area contributed by atoms with Gasteiger partial charge in [-0.05, 0) is 48.4 Å². The Balaban J connectivity index is 2.15. The molecule has 1 unspecified atom stereocenters. The zero-order valence-corrected chi connectivity index (χ0v) is 15.8. The number of methoxy groups -OCH3 is 2. The van der Waals surface area contributed by atoms with Gasteiger partial charge in [0.15, 0.2) is 0 Å². The van der Waals surface area contributed by atoms with Crippen LogP contribution in [0.3, 0.4) is 0 Å². The smallest absolute Gasteiger partial charge is 0.310 e. The van der Waals surface area contributed by atoms with Crippen LogP contribution < -0.4 is 4.74 Å². The summed E-state index contributed by atoms with van der Waals surface area (Å²) in [4.78, 5) is 26.3. The van der Waals surface area contributed by atoms with Crippen molar-refractivity contribution in [2.45, 2.75) is 13.3 Å². The first-order valence-electron chi connectivity index (χ1n) is 8.70. The van der Waals surface area contributed by atoms with Crippen LogP contribution in [0.4, 0.5) is 4.39 Å². The minimum absolute atomic E-state index is 0.185. The first-order valence-corrected chi connectivity index (χ1v) is 8.70. The number of amides is 1. The highest BCUT2D eigenvalue weighted by atomic mass is 19.1. The number of ether oxygens (including phenoxy) is 2. The normalized spacial score (nSPS) is 11.6. The van der Waals surface area contributed by atoms with Crippen molar-refractivity contribution in [3.05, 3.63) is 65.5 Å². The maximum absolute atomic E-state index is 13.1. The van der Waals surface area contributed by atoms with Crippen LogP contribution in [0.25, 0.3) is 0 Å². The fourth-order valence-electron chi connectivity index (χ4n) is 2.71. The summed E-state index contributed by atoms with van der Waals surface area (Å²) in [5.41, 5.74) is 1.42. The molecule has 2 aromatic rings. The second-order valence-corrected chi connectivity index (χ2v) is 6.28. The van der Waals surface area contributed by atoms with Crippen LogP contribution in [-0.4, -0.2) is 44.1 Å². The Labute approximate surface area is 158 Å². The summed E-state index contributed by atoms with van der Waals surface area (Å²) >= 11 is 0. The predicted molar refractivity (Wildman–Crippen MR) is 100 cm³/mol. The molecular weight excluding hydrogens is 349 g/mol. The molecule has 0 heterocycles. The number of halogens is 1. The molecule has 0 aliphatic heterocycles. The highest BCUT2D eigenvalue weighted by Crippen LogP contribution is 2.15. The van der Waals surface area contributed by atoms with Crippen LogP contribution >= 0.6 is 0 Å². The molecule has 0 saturated carbocycles. The molecule has 0 fully saturated rings. The van der Waals surface area contributed by atoms with E-state index in [-0.39, 0.29) is 24.2 Å². The van der Waals surface area contributed by atoms with Crippen molar-refractivity contribution in [2.24, 2.45) is 5.92 Å². The molecular formula is C21H24FNO4. The van der Waals surface area contributed by atoms with Crippen LogP contribution in [0.15, 0.2) is 48.5 Å². The summed E-state index contributed by atoms with van der Waals surface area (Å²) in [6.07, 6.45) is 0.552. The van der Waals surface area contributed by atoms with Crippen molar-refractivity contribution in [2.75, 3.05) is 27.3 Å². The summed E-state index contributed by atoms with van der Waals surface area (Å²) < 4.78 is 23.0. The third kappa shape index (κ3) is 5.81. The number of carbonyl (C=O) groups excluding carboxylic acids is 2. The lowest BCUT2D eigenvalue weighted by atomic mass is 10.1. The van der Waals surface area contributed by atoms with E-state index in [1.165, 1.54) is 19.2 Å². The van der Waals surface area contributed by atoms with E-state index in [1.807, 2.05) is 0 Å². The van der Waals surface area contributed by atoms with Gasteiger partial charge in [-0.3, -0.25) is 9.59 Å². The third-order valence-corrected chi connectivity index (χ3v) is 4.31. The van der Waals surface area contributed by atoms with E-state index in [1.54, 1.807) is 55.3 Å². The largest absolute Gasteiger partial charge is 0.497 e. The van der Waals surface area contributed by atoms with Gasteiger partial charge in [-0.1, -0.05) is 19.1 Å². The molecule has 0 aromatic heterocycles. The number of hydrogen-bond donors (Lipinski definition) is 0. The maximum atomic E-state index is 13.1. The number of benzene rings is 2. The molecule has 2 aromatic carbocycles. The van der Waals surface area contributed by atoms with Gasteiger partial charge in [0.2, 0.25) is 0 Å². The van der Waals surface area contributed by atoms with Gasteiger partial charge in [0.05, 0.1) is 20.1 Å². The number of hydrogen-bond acceptors (Lipinski definition) is 4. The summed E-state index contributed by atoms with van der Waals surface area (Å²) in [5.74, 6) is -0.651. The molecule has 0 radical (unpaired) electrons. The van der Waals surface area contributed by atoms with E-state index >= 15 is 0 Å². The van der Waals surface area contributed by atoms with E-state index in [2.05, 4.69) is 0 Å². The molecule has 5 nitrogen and oxygen atoms in total. The topological polar surface area (TPSA) is 55.8 Å². The van der Waals surface area contributed by atoms with Gasteiger partial charge in [0, 0.05) is 18.7 Å². The molecule has 0 aliphatic carbocycles. The minimum atomic E-state index is -0.453. The van der Waals surface area contributed by atoms with Gasteiger partial charge in [-0.15, -0.1) is 0 Å². The molecule has 2 rings (SSSR count). The van der Waals surface area contributed by atoms with E-state index in [0.717, 1.165) is 5.56 Å². The Morgan fingerprint density at radius 1 is 1.04 bits per heavy atom. The van der Waals surface area contributed by atoms with Crippen LogP contribution in [0.5, 0.6) is 5.75 Å². The monoisotopic (exact) mass is 373 g/mol. The second kappa shape index (κ2) is 9.71. The van der Waals surface area contributed by atoms with Gasteiger partial charge < -0.3 is 14.4 Å². The maximum Gasteiger partial charge on any atom is 0.310 e. The van der Waals surface area contributed by atoms with Crippen molar-refractivity contribution < 1.29 is 23.5 Å². The minimum Gasteiger partial charge on any atom is -0.497 e. The first-order chi connectivity index (χ1) is 12.9. The first kappa shape index (κ1) is 20.4. The Morgan fingerprint density at radius 2 is 1.67 bits per heavy atom.